The number of hydrogen-bond donors (Lipinski definition) is 3. The minimum absolute atomic E-state index is 0.0297. The zero-order valence-corrected chi connectivity index (χ0v) is 27.2. The molecule has 3 aromatic carbocycles. The maximum Gasteiger partial charge on any atom is 0.417 e. The molecule has 9 nitrogen and oxygen atoms in total. The molecule has 3 fully saturated rings. The number of nitrogens with one attached hydrogen (secondary N) is 2. The molecule has 2 aliphatic heterocycles. The molecule has 0 unspecified atom stereocenters. The predicted octanol–water partition coefficient (Wildman–Crippen LogP) is 6.54. The molecule has 4 amide bonds. The SMILES string of the molecule is O=C1NC(=O)[C@H]2CC=C3[C@@H](C[C@H]4C(=O)N(Nc5ncc(C(F)(F)F)cc5Cl)C(=O)[C@@]4(c4ccc(Cl)cc4)[C@H]3c3ccc4ccccc4c3O)[C@@H]12. The lowest BCUT2D eigenvalue weighted by atomic mass is 9.49. The van der Waals surface area contributed by atoms with Gasteiger partial charge in [-0.05, 0) is 47.9 Å². The summed E-state index contributed by atoms with van der Waals surface area (Å²) in [7, 11) is 0. The van der Waals surface area contributed by atoms with Gasteiger partial charge in [0, 0.05) is 28.1 Å². The number of alkyl halides is 3. The molecule has 50 heavy (non-hydrogen) atoms. The summed E-state index contributed by atoms with van der Waals surface area (Å²) in [6.07, 6.45) is -2.22. The van der Waals surface area contributed by atoms with Crippen LogP contribution in [0.3, 0.4) is 0 Å². The van der Waals surface area contributed by atoms with E-state index in [0.717, 1.165) is 5.39 Å². The number of benzene rings is 3. The first-order chi connectivity index (χ1) is 23.8. The molecule has 8 rings (SSSR count). The van der Waals surface area contributed by atoms with Crippen molar-refractivity contribution in [2.24, 2.45) is 23.7 Å². The summed E-state index contributed by atoms with van der Waals surface area (Å²) in [5.41, 5.74) is 1.01. The standard InChI is InChI=1S/C36H25Cl2F3N4O5/c37-19-8-6-17(7-9-19)35-25(33(49)45(34(35)50)44-30-26(38)13-18(15-42-30)36(39,40)41)14-24-21(11-12-22-27(24)32(48)43-31(22)47)28(35)23-10-5-16-3-1-2-4-20(16)29(23)46/h1-11,13,15,22,24-25,27-28,46H,12,14H2,(H,42,44)(H,43,47,48)/t22-,24+,25-,27-,28+,35+/m0/s1. The smallest absolute Gasteiger partial charge is 0.417 e. The second-order valence-electron chi connectivity index (χ2n) is 13.0. The number of phenols is 1. The first kappa shape index (κ1) is 32.3. The van der Waals surface area contributed by atoms with Crippen LogP contribution in [0, 0.1) is 23.7 Å². The van der Waals surface area contributed by atoms with Crippen LogP contribution in [-0.2, 0) is 30.8 Å². The largest absolute Gasteiger partial charge is 0.507 e. The van der Waals surface area contributed by atoms with E-state index in [1.54, 1.807) is 48.5 Å². The number of nitrogens with zero attached hydrogens (tertiary/aromatic N) is 2. The zero-order chi connectivity index (χ0) is 35.3. The molecule has 0 spiro atoms. The van der Waals surface area contributed by atoms with E-state index in [0.29, 0.717) is 44.4 Å². The number of rotatable bonds is 4. The Hall–Kier alpha value is -4.94. The second kappa shape index (κ2) is 11.3. The highest BCUT2D eigenvalue weighted by Gasteiger charge is 2.70. The van der Waals surface area contributed by atoms with Crippen molar-refractivity contribution < 1.29 is 37.5 Å². The highest BCUT2D eigenvalue weighted by molar-refractivity contribution is 6.33. The molecule has 0 bridgehead atoms. The van der Waals surface area contributed by atoms with Gasteiger partial charge in [-0.15, -0.1) is 0 Å². The molecule has 254 valence electrons. The van der Waals surface area contributed by atoms with Gasteiger partial charge < -0.3 is 5.11 Å². The molecule has 3 heterocycles. The van der Waals surface area contributed by atoms with Crippen LogP contribution in [0.2, 0.25) is 10.0 Å². The van der Waals surface area contributed by atoms with Crippen molar-refractivity contribution in [3.63, 3.8) is 0 Å². The number of amides is 4. The molecule has 2 saturated heterocycles. The van der Waals surface area contributed by atoms with Gasteiger partial charge in [0.2, 0.25) is 11.8 Å². The van der Waals surface area contributed by atoms with Crippen LogP contribution in [-0.4, -0.2) is 38.7 Å². The van der Waals surface area contributed by atoms with Crippen molar-refractivity contribution in [1.82, 2.24) is 15.3 Å². The van der Waals surface area contributed by atoms with Gasteiger partial charge in [0.05, 0.1) is 33.8 Å². The third kappa shape index (κ3) is 4.57. The Balaban J connectivity index is 1.37. The van der Waals surface area contributed by atoms with Crippen LogP contribution in [0.1, 0.15) is 35.4 Å². The van der Waals surface area contributed by atoms with Gasteiger partial charge in [-0.1, -0.05) is 83.4 Å². The Labute approximate surface area is 292 Å². The quantitative estimate of drug-likeness (QED) is 0.161. The van der Waals surface area contributed by atoms with E-state index in [-0.39, 0.29) is 24.4 Å². The van der Waals surface area contributed by atoms with E-state index in [9.17, 15) is 32.7 Å². The molecule has 1 saturated carbocycles. The fourth-order valence-electron chi connectivity index (χ4n) is 8.54. The Kier molecular flexibility index (Phi) is 7.29. The summed E-state index contributed by atoms with van der Waals surface area (Å²) in [5, 5.41) is 16.2. The van der Waals surface area contributed by atoms with Gasteiger partial charge in [0.15, 0.2) is 5.82 Å². The number of carbonyl (C=O) groups is 4. The molecular formula is C36H25Cl2F3N4O5. The van der Waals surface area contributed by atoms with Gasteiger partial charge in [-0.2, -0.15) is 18.2 Å². The minimum atomic E-state index is -4.74. The number of allylic oxidation sites excluding steroid dienone is 2. The monoisotopic (exact) mass is 720 g/mol. The van der Waals surface area contributed by atoms with Crippen LogP contribution in [0.5, 0.6) is 5.75 Å². The van der Waals surface area contributed by atoms with Gasteiger partial charge >= 0.3 is 6.18 Å². The molecule has 2 aliphatic carbocycles. The third-order valence-corrected chi connectivity index (χ3v) is 11.2. The van der Waals surface area contributed by atoms with E-state index < -0.39 is 75.4 Å². The van der Waals surface area contributed by atoms with Crippen LogP contribution in [0.15, 0.2) is 84.6 Å². The first-order valence-electron chi connectivity index (χ1n) is 15.7. The summed E-state index contributed by atoms with van der Waals surface area (Å²) in [6, 6.07) is 17.6. The number of fused-ring (bicyclic) bond motifs is 5. The Bertz CT molecular complexity index is 2190. The van der Waals surface area contributed by atoms with Crippen LogP contribution >= 0.6 is 23.2 Å². The van der Waals surface area contributed by atoms with Gasteiger partial charge in [-0.25, -0.2) is 4.98 Å². The van der Waals surface area contributed by atoms with Crippen molar-refractivity contribution >= 4 is 63.4 Å². The Morgan fingerprint density at radius 3 is 2.42 bits per heavy atom. The lowest BCUT2D eigenvalue weighted by molar-refractivity contribution is -0.139. The maximum absolute atomic E-state index is 15.2. The van der Waals surface area contributed by atoms with Crippen LogP contribution in [0.25, 0.3) is 10.8 Å². The van der Waals surface area contributed by atoms with Crippen molar-refractivity contribution in [2.75, 3.05) is 5.43 Å². The second-order valence-corrected chi connectivity index (χ2v) is 13.8. The average Bonchev–Trinajstić information content (AvgIpc) is 3.49. The Morgan fingerprint density at radius 1 is 0.960 bits per heavy atom. The van der Waals surface area contributed by atoms with E-state index >= 15 is 4.79 Å². The van der Waals surface area contributed by atoms with Gasteiger partial charge in [-0.3, -0.25) is 29.9 Å². The van der Waals surface area contributed by atoms with Crippen molar-refractivity contribution in [3.05, 3.63) is 111 Å². The van der Waals surface area contributed by atoms with Gasteiger partial charge in [0.25, 0.3) is 11.8 Å². The summed E-state index contributed by atoms with van der Waals surface area (Å²) in [5.74, 6) is -7.34. The van der Waals surface area contributed by atoms with E-state index in [4.69, 9.17) is 23.2 Å². The topological polar surface area (TPSA) is 129 Å². The molecule has 14 heteroatoms. The predicted molar refractivity (Wildman–Crippen MR) is 176 cm³/mol. The lowest BCUT2D eigenvalue weighted by Gasteiger charge is -2.50. The minimum Gasteiger partial charge on any atom is -0.507 e. The van der Waals surface area contributed by atoms with Crippen LogP contribution < -0.4 is 10.7 Å². The van der Waals surface area contributed by atoms with Crippen molar-refractivity contribution in [1.29, 1.82) is 0 Å². The molecule has 4 aromatic rings. The summed E-state index contributed by atoms with van der Waals surface area (Å²) in [6.45, 7) is 0. The fourth-order valence-corrected chi connectivity index (χ4v) is 8.88. The number of aromatic nitrogens is 1. The summed E-state index contributed by atoms with van der Waals surface area (Å²) in [4.78, 5) is 59.8. The van der Waals surface area contributed by atoms with Crippen LogP contribution in [0.4, 0.5) is 19.0 Å². The van der Waals surface area contributed by atoms with E-state index in [2.05, 4.69) is 15.7 Å². The number of aromatic hydroxyl groups is 1. The lowest BCUT2D eigenvalue weighted by Crippen LogP contribution is -2.53. The number of imide groups is 2. The maximum atomic E-state index is 15.2. The molecule has 0 radical (unpaired) electrons. The molecule has 1 aromatic heterocycles. The van der Waals surface area contributed by atoms with Crippen molar-refractivity contribution in [2.45, 2.75) is 30.4 Å². The fraction of sp³-hybridized carbons (Fsp3) is 0.250. The number of carbonyl (C=O) groups excluding carboxylic acids is 4. The Morgan fingerprint density at radius 2 is 1.70 bits per heavy atom. The molecule has 3 N–H and O–H groups in total. The van der Waals surface area contributed by atoms with Gasteiger partial charge in [0.1, 0.15) is 5.75 Å². The number of phenolic OH excluding ortho intramolecular Hbond substituents is 1. The molecule has 6 atom stereocenters. The van der Waals surface area contributed by atoms with E-state index in [1.807, 2.05) is 18.2 Å². The number of hydrazine groups is 1. The highest BCUT2D eigenvalue weighted by Crippen LogP contribution is 2.65. The van der Waals surface area contributed by atoms with E-state index in [1.165, 1.54) is 0 Å². The number of halogens is 5. The number of hydrogen-bond acceptors (Lipinski definition) is 7. The van der Waals surface area contributed by atoms with Crippen molar-refractivity contribution in [3.8, 4) is 5.75 Å². The zero-order valence-electron chi connectivity index (χ0n) is 25.7. The summed E-state index contributed by atoms with van der Waals surface area (Å²) >= 11 is 12.5. The first-order valence-corrected chi connectivity index (χ1v) is 16.5. The highest BCUT2D eigenvalue weighted by atomic mass is 35.5. The molecule has 4 aliphatic rings. The number of anilines is 1. The third-order valence-electron chi connectivity index (χ3n) is 10.6. The number of pyridine rings is 1. The summed E-state index contributed by atoms with van der Waals surface area (Å²) < 4.78 is 40.2. The average molecular weight is 722 g/mol. The molecular weight excluding hydrogens is 696 g/mol. The normalized spacial score (nSPS) is 27.5.